The van der Waals surface area contributed by atoms with Crippen LogP contribution in [0.4, 0.5) is 0 Å². The Morgan fingerprint density at radius 1 is 1.33 bits per heavy atom. The number of carbonyl (C=O) groups is 1. The number of hydrogen-bond donors (Lipinski definition) is 2. The molecule has 0 saturated heterocycles. The third kappa shape index (κ3) is 8.35. The van der Waals surface area contributed by atoms with Gasteiger partial charge in [-0.05, 0) is 13.8 Å². The predicted octanol–water partition coefficient (Wildman–Crippen LogP) is -0.107. The third-order valence-corrected chi connectivity index (χ3v) is 1.89. The smallest absolute Gasteiger partial charge is 0.222 e. The third-order valence-electron chi connectivity index (χ3n) is 1.89. The Morgan fingerprint density at radius 3 is 2.53 bits per heavy atom. The van der Waals surface area contributed by atoms with E-state index in [0.29, 0.717) is 32.8 Å². The van der Waals surface area contributed by atoms with E-state index in [9.17, 15) is 4.79 Å². The number of carbonyl (C=O) groups excluding carboxylic acids is 1. The quantitative estimate of drug-likeness (QED) is 0.558. The highest BCUT2D eigenvalue weighted by Crippen LogP contribution is 1.98. The van der Waals surface area contributed by atoms with Crippen LogP contribution in [0, 0.1) is 0 Å². The minimum absolute atomic E-state index is 0.0390. The van der Waals surface area contributed by atoms with Crippen molar-refractivity contribution in [3.63, 3.8) is 0 Å². The number of rotatable bonds is 8. The highest BCUT2D eigenvalue weighted by molar-refractivity contribution is 5.76. The molecule has 3 N–H and O–H groups in total. The van der Waals surface area contributed by atoms with Crippen LogP contribution in [-0.4, -0.2) is 44.9 Å². The molecule has 0 rings (SSSR count). The molecule has 0 aromatic rings. The Kier molecular flexibility index (Phi) is 7.29. The summed E-state index contributed by atoms with van der Waals surface area (Å²) in [6.07, 6.45) is 0.354. The normalized spacial score (nSPS) is 11.5. The summed E-state index contributed by atoms with van der Waals surface area (Å²) in [5.41, 5.74) is 5.14. The first-order valence-electron chi connectivity index (χ1n) is 5.09. The van der Waals surface area contributed by atoms with Gasteiger partial charge in [0.25, 0.3) is 0 Å². The molecule has 90 valence electrons. The van der Waals surface area contributed by atoms with Crippen LogP contribution in [-0.2, 0) is 14.3 Å². The van der Waals surface area contributed by atoms with E-state index in [2.05, 4.69) is 5.32 Å². The molecule has 0 aromatic carbocycles. The largest absolute Gasteiger partial charge is 0.382 e. The number of ether oxygens (including phenoxy) is 2. The van der Waals surface area contributed by atoms with E-state index in [-0.39, 0.29) is 11.4 Å². The van der Waals surface area contributed by atoms with Gasteiger partial charge >= 0.3 is 0 Å². The van der Waals surface area contributed by atoms with Crippen molar-refractivity contribution in [3.05, 3.63) is 0 Å². The molecule has 0 spiro atoms. The maximum absolute atomic E-state index is 11.4. The highest BCUT2D eigenvalue weighted by Gasteiger charge is 2.17. The van der Waals surface area contributed by atoms with Gasteiger partial charge in [0.05, 0.1) is 19.8 Å². The monoisotopic (exact) mass is 218 g/mol. The number of nitrogens with two attached hydrogens (primary N) is 1. The van der Waals surface area contributed by atoms with E-state index in [4.69, 9.17) is 15.2 Å². The second-order valence-electron chi connectivity index (χ2n) is 3.99. The summed E-state index contributed by atoms with van der Waals surface area (Å²) in [4.78, 5) is 11.4. The van der Waals surface area contributed by atoms with E-state index < -0.39 is 0 Å². The van der Waals surface area contributed by atoms with Crippen molar-refractivity contribution < 1.29 is 14.3 Å². The summed E-state index contributed by atoms with van der Waals surface area (Å²) < 4.78 is 9.98. The molecule has 5 heteroatoms. The van der Waals surface area contributed by atoms with Gasteiger partial charge in [0.2, 0.25) is 5.91 Å². The standard InChI is InChI=1S/C10H22N2O3/c1-10(2,8-11)12-9(13)4-5-15-7-6-14-3/h4-8,11H2,1-3H3,(H,12,13). The van der Waals surface area contributed by atoms with Crippen molar-refractivity contribution in [3.8, 4) is 0 Å². The summed E-state index contributed by atoms with van der Waals surface area (Å²) in [6.45, 7) is 5.67. The van der Waals surface area contributed by atoms with Gasteiger partial charge < -0.3 is 20.5 Å². The van der Waals surface area contributed by atoms with Gasteiger partial charge in [-0.25, -0.2) is 0 Å². The fourth-order valence-corrected chi connectivity index (χ4v) is 0.900. The zero-order chi connectivity index (χ0) is 11.7. The van der Waals surface area contributed by atoms with Crippen LogP contribution in [0.15, 0.2) is 0 Å². The van der Waals surface area contributed by atoms with E-state index in [1.165, 1.54) is 0 Å². The molecule has 0 unspecified atom stereocenters. The number of methoxy groups -OCH3 is 1. The second kappa shape index (κ2) is 7.62. The van der Waals surface area contributed by atoms with E-state index in [1.807, 2.05) is 13.8 Å². The van der Waals surface area contributed by atoms with E-state index in [1.54, 1.807) is 7.11 Å². The SMILES string of the molecule is COCCOCCC(=O)NC(C)(C)CN. The first-order valence-corrected chi connectivity index (χ1v) is 5.09. The molecule has 0 atom stereocenters. The first-order chi connectivity index (χ1) is 7.02. The molecule has 0 aromatic heterocycles. The lowest BCUT2D eigenvalue weighted by Gasteiger charge is -2.24. The van der Waals surface area contributed by atoms with Crippen LogP contribution in [0.5, 0.6) is 0 Å². The number of amides is 1. The zero-order valence-corrected chi connectivity index (χ0v) is 9.84. The Morgan fingerprint density at radius 2 is 2.00 bits per heavy atom. The fourth-order valence-electron chi connectivity index (χ4n) is 0.900. The van der Waals surface area contributed by atoms with Crippen molar-refractivity contribution in [2.45, 2.75) is 25.8 Å². The average molecular weight is 218 g/mol. The molecule has 1 amide bonds. The van der Waals surface area contributed by atoms with Crippen LogP contribution in [0.25, 0.3) is 0 Å². The minimum Gasteiger partial charge on any atom is -0.382 e. The molecule has 0 aliphatic rings. The van der Waals surface area contributed by atoms with Gasteiger partial charge in [0.15, 0.2) is 0 Å². The van der Waals surface area contributed by atoms with Crippen LogP contribution < -0.4 is 11.1 Å². The summed E-state index contributed by atoms with van der Waals surface area (Å²) in [6, 6.07) is 0. The molecule has 0 aliphatic carbocycles. The van der Waals surface area contributed by atoms with Gasteiger partial charge in [-0.1, -0.05) is 0 Å². The van der Waals surface area contributed by atoms with Crippen molar-refractivity contribution >= 4 is 5.91 Å². The van der Waals surface area contributed by atoms with Gasteiger partial charge in [-0.2, -0.15) is 0 Å². The summed E-state index contributed by atoms with van der Waals surface area (Å²) >= 11 is 0. The highest BCUT2D eigenvalue weighted by atomic mass is 16.5. The second-order valence-corrected chi connectivity index (χ2v) is 3.99. The van der Waals surface area contributed by atoms with Crippen molar-refractivity contribution in [1.29, 1.82) is 0 Å². The summed E-state index contributed by atoms with van der Waals surface area (Å²) in [5.74, 6) is -0.0390. The average Bonchev–Trinajstić information content (AvgIpc) is 2.17. The predicted molar refractivity (Wildman–Crippen MR) is 58.6 cm³/mol. The molecule has 0 saturated carbocycles. The molecule has 15 heavy (non-hydrogen) atoms. The van der Waals surface area contributed by atoms with Gasteiger partial charge in [0.1, 0.15) is 0 Å². The summed E-state index contributed by atoms with van der Waals surface area (Å²) in [5, 5.41) is 2.82. The van der Waals surface area contributed by atoms with Crippen LogP contribution in [0.3, 0.4) is 0 Å². The van der Waals surface area contributed by atoms with Crippen LogP contribution in [0.2, 0.25) is 0 Å². The van der Waals surface area contributed by atoms with Gasteiger partial charge in [-0.15, -0.1) is 0 Å². The van der Waals surface area contributed by atoms with Gasteiger partial charge in [-0.3, -0.25) is 4.79 Å². The maximum Gasteiger partial charge on any atom is 0.222 e. The Labute approximate surface area is 91.3 Å². The van der Waals surface area contributed by atoms with Gasteiger partial charge in [0, 0.05) is 25.6 Å². The first kappa shape index (κ1) is 14.3. The number of nitrogens with one attached hydrogen (secondary N) is 1. The fraction of sp³-hybridized carbons (Fsp3) is 0.900. The molecule has 0 heterocycles. The van der Waals surface area contributed by atoms with Crippen LogP contribution in [0.1, 0.15) is 20.3 Å². The van der Waals surface area contributed by atoms with Crippen molar-refractivity contribution in [2.24, 2.45) is 5.73 Å². The zero-order valence-electron chi connectivity index (χ0n) is 9.84. The Hall–Kier alpha value is -0.650. The van der Waals surface area contributed by atoms with E-state index >= 15 is 0 Å². The number of hydrogen-bond acceptors (Lipinski definition) is 4. The molecule has 0 bridgehead atoms. The molecular formula is C10H22N2O3. The Balaban J connectivity index is 3.49. The summed E-state index contributed by atoms with van der Waals surface area (Å²) in [7, 11) is 1.61. The topological polar surface area (TPSA) is 73.6 Å². The lowest BCUT2D eigenvalue weighted by atomic mass is 10.1. The van der Waals surface area contributed by atoms with Crippen molar-refractivity contribution in [2.75, 3.05) is 33.5 Å². The Bertz CT molecular complexity index is 184. The lowest BCUT2D eigenvalue weighted by molar-refractivity contribution is -0.123. The molecular weight excluding hydrogens is 196 g/mol. The van der Waals surface area contributed by atoms with Crippen LogP contribution >= 0.6 is 0 Å². The van der Waals surface area contributed by atoms with Crippen molar-refractivity contribution in [1.82, 2.24) is 5.32 Å². The maximum atomic E-state index is 11.4. The molecule has 0 radical (unpaired) electrons. The molecule has 0 aliphatic heterocycles. The minimum atomic E-state index is -0.344. The molecule has 5 nitrogen and oxygen atoms in total. The lowest BCUT2D eigenvalue weighted by Crippen LogP contribution is -2.49. The molecule has 0 fully saturated rings. The van der Waals surface area contributed by atoms with E-state index in [0.717, 1.165) is 0 Å².